The highest BCUT2D eigenvalue weighted by Gasteiger charge is 2.26. The Balaban J connectivity index is 1.58. The van der Waals surface area contributed by atoms with E-state index in [1.54, 1.807) is 12.1 Å². The van der Waals surface area contributed by atoms with Crippen LogP contribution in [0, 0.1) is 19.8 Å². The molecule has 2 aromatic rings. The molecule has 1 aromatic carbocycles. The first kappa shape index (κ1) is 16.9. The Kier molecular flexibility index (Phi) is 4.65. The highest BCUT2D eigenvalue weighted by Crippen LogP contribution is 2.14. The maximum absolute atomic E-state index is 12.2. The topological polar surface area (TPSA) is 88.4 Å². The van der Waals surface area contributed by atoms with Gasteiger partial charge in [0.1, 0.15) is 0 Å². The van der Waals surface area contributed by atoms with Crippen molar-refractivity contribution in [3.05, 3.63) is 47.3 Å². The summed E-state index contributed by atoms with van der Waals surface area (Å²) >= 11 is 0. The molecule has 130 valence electrons. The standard InChI is InChI=1S/C18H21N5O2/c1-11-10-12(2)23(22-11)15-6-4-14(5-7-15)17(24)19-9-8-16-13(3)20-21-18(16)25/h4-7,10,16H,8-9H2,1-3H3,(H,19,24)(H,21,25)/t16-/m0/s1. The number of hydrogen-bond acceptors (Lipinski definition) is 4. The van der Waals surface area contributed by atoms with Gasteiger partial charge in [-0.15, -0.1) is 0 Å². The summed E-state index contributed by atoms with van der Waals surface area (Å²) in [5, 5.41) is 11.2. The highest BCUT2D eigenvalue weighted by molar-refractivity contribution is 6.06. The van der Waals surface area contributed by atoms with E-state index in [0.29, 0.717) is 18.5 Å². The van der Waals surface area contributed by atoms with Gasteiger partial charge in [-0.3, -0.25) is 9.59 Å². The van der Waals surface area contributed by atoms with Crippen molar-refractivity contribution in [1.29, 1.82) is 0 Å². The van der Waals surface area contributed by atoms with Gasteiger partial charge < -0.3 is 5.32 Å². The molecule has 1 atom stereocenters. The smallest absolute Gasteiger partial charge is 0.251 e. The second kappa shape index (κ2) is 6.88. The van der Waals surface area contributed by atoms with Gasteiger partial charge in [-0.2, -0.15) is 10.2 Å². The first-order chi connectivity index (χ1) is 12.0. The molecule has 2 heterocycles. The molecule has 3 rings (SSSR count). The van der Waals surface area contributed by atoms with E-state index in [9.17, 15) is 9.59 Å². The number of hydrogen-bond donors (Lipinski definition) is 2. The maximum atomic E-state index is 12.2. The average molecular weight is 339 g/mol. The van der Waals surface area contributed by atoms with Crippen LogP contribution in [0.25, 0.3) is 5.69 Å². The summed E-state index contributed by atoms with van der Waals surface area (Å²) in [5.41, 5.74) is 6.69. The van der Waals surface area contributed by atoms with Crippen molar-refractivity contribution in [3.63, 3.8) is 0 Å². The zero-order valence-electron chi connectivity index (χ0n) is 14.5. The molecular weight excluding hydrogens is 318 g/mol. The number of amides is 2. The third-order valence-electron chi connectivity index (χ3n) is 4.27. The monoisotopic (exact) mass is 339 g/mol. The van der Waals surface area contributed by atoms with E-state index in [1.165, 1.54) is 0 Å². The quantitative estimate of drug-likeness (QED) is 0.869. The van der Waals surface area contributed by atoms with Gasteiger partial charge in [0.2, 0.25) is 5.91 Å². The summed E-state index contributed by atoms with van der Waals surface area (Å²) in [4.78, 5) is 23.8. The second-order valence-corrected chi connectivity index (χ2v) is 6.21. The van der Waals surface area contributed by atoms with Crippen LogP contribution in [0.4, 0.5) is 0 Å². The first-order valence-electron chi connectivity index (χ1n) is 8.21. The van der Waals surface area contributed by atoms with Crippen LogP contribution in [-0.4, -0.2) is 33.9 Å². The maximum Gasteiger partial charge on any atom is 0.251 e. The van der Waals surface area contributed by atoms with Gasteiger partial charge in [-0.1, -0.05) is 0 Å². The van der Waals surface area contributed by atoms with E-state index < -0.39 is 0 Å². The number of hydrazone groups is 1. The molecule has 0 unspecified atom stereocenters. The minimum absolute atomic E-state index is 0.110. The van der Waals surface area contributed by atoms with E-state index in [-0.39, 0.29) is 17.7 Å². The largest absolute Gasteiger partial charge is 0.352 e. The van der Waals surface area contributed by atoms with E-state index in [2.05, 4.69) is 20.9 Å². The molecule has 0 saturated heterocycles. The van der Waals surface area contributed by atoms with Crippen LogP contribution in [0.1, 0.15) is 35.1 Å². The SMILES string of the molecule is CC1=NNC(=O)[C@H]1CCNC(=O)c1ccc(-n2nc(C)cc2C)cc1. The molecule has 0 bridgehead atoms. The minimum atomic E-state index is -0.256. The Hall–Kier alpha value is -2.96. The number of aryl methyl sites for hydroxylation is 2. The summed E-state index contributed by atoms with van der Waals surface area (Å²) in [6.45, 7) is 6.17. The molecule has 0 spiro atoms. The van der Waals surface area contributed by atoms with Crippen LogP contribution < -0.4 is 10.7 Å². The van der Waals surface area contributed by atoms with E-state index in [1.807, 2.05) is 43.7 Å². The van der Waals surface area contributed by atoms with E-state index >= 15 is 0 Å². The molecule has 7 nitrogen and oxygen atoms in total. The number of benzene rings is 1. The minimum Gasteiger partial charge on any atom is -0.352 e. The molecule has 1 aromatic heterocycles. The molecular formula is C18H21N5O2. The summed E-state index contributed by atoms with van der Waals surface area (Å²) in [6.07, 6.45) is 0.538. The second-order valence-electron chi connectivity index (χ2n) is 6.21. The molecule has 0 aliphatic carbocycles. The summed E-state index contributed by atoms with van der Waals surface area (Å²) < 4.78 is 1.85. The van der Waals surface area contributed by atoms with Crippen molar-refractivity contribution in [2.75, 3.05) is 6.54 Å². The number of nitrogens with one attached hydrogen (secondary N) is 2. The normalized spacial score (nSPS) is 16.5. The molecule has 25 heavy (non-hydrogen) atoms. The van der Waals surface area contributed by atoms with Crippen LogP contribution in [0.2, 0.25) is 0 Å². The van der Waals surface area contributed by atoms with Crippen molar-refractivity contribution in [3.8, 4) is 5.69 Å². The Bertz CT molecular complexity index is 836. The molecule has 0 fully saturated rings. The third-order valence-corrected chi connectivity index (χ3v) is 4.27. The zero-order chi connectivity index (χ0) is 18.0. The Morgan fingerprint density at radius 2 is 1.96 bits per heavy atom. The molecule has 1 aliphatic rings. The van der Waals surface area contributed by atoms with Gasteiger partial charge in [0.25, 0.3) is 5.91 Å². The number of aromatic nitrogens is 2. The van der Waals surface area contributed by atoms with Crippen molar-refractivity contribution in [1.82, 2.24) is 20.5 Å². The predicted molar refractivity (Wildman–Crippen MR) is 94.7 cm³/mol. The van der Waals surface area contributed by atoms with Gasteiger partial charge in [-0.05, 0) is 57.5 Å². The van der Waals surface area contributed by atoms with Crippen LogP contribution in [0.5, 0.6) is 0 Å². The van der Waals surface area contributed by atoms with Gasteiger partial charge >= 0.3 is 0 Å². The van der Waals surface area contributed by atoms with Gasteiger partial charge in [0.05, 0.1) is 17.3 Å². The number of rotatable bonds is 5. The Morgan fingerprint density at radius 1 is 1.24 bits per heavy atom. The summed E-state index contributed by atoms with van der Waals surface area (Å²) in [7, 11) is 0. The molecule has 0 saturated carbocycles. The third kappa shape index (κ3) is 3.60. The summed E-state index contributed by atoms with van der Waals surface area (Å²) in [6, 6.07) is 9.29. The van der Waals surface area contributed by atoms with E-state index in [0.717, 1.165) is 22.8 Å². The summed E-state index contributed by atoms with van der Waals surface area (Å²) in [5.74, 6) is -0.525. The number of carbonyl (C=O) groups is 2. The van der Waals surface area contributed by atoms with Crippen molar-refractivity contribution >= 4 is 17.5 Å². The fourth-order valence-corrected chi connectivity index (χ4v) is 2.91. The fraction of sp³-hybridized carbons (Fsp3) is 0.333. The zero-order valence-corrected chi connectivity index (χ0v) is 14.5. The van der Waals surface area contributed by atoms with Crippen LogP contribution >= 0.6 is 0 Å². The van der Waals surface area contributed by atoms with E-state index in [4.69, 9.17) is 0 Å². The number of nitrogens with zero attached hydrogens (tertiary/aromatic N) is 3. The Morgan fingerprint density at radius 3 is 2.52 bits per heavy atom. The molecule has 0 radical (unpaired) electrons. The van der Waals surface area contributed by atoms with Crippen molar-refractivity contribution in [2.24, 2.45) is 11.0 Å². The lowest BCUT2D eigenvalue weighted by Crippen LogP contribution is -2.30. The molecule has 2 amide bonds. The van der Waals surface area contributed by atoms with Crippen LogP contribution in [-0.2, 0) is 4.79 Å². The molecule has 2 N–H and O–H groups in total. The van der Waals surface area contributed by atoms with Crippen molar-refractivity contribution in [2.45, 2.75) is 27.2 Å². The fourth-order valence-electron chi connectivity index (χ4n) is 2.91. The molecule has 7 heteroatoms. The predicted octanol–water partition coefficient (Wildman–Crippen LogP) is 1.73. The molecule has 1 aliphatic heterocycles. The van der Waals surface area contributed by atoms with Gasteiger partial charge in [0.15, 0.2) is 0 Å². The van der Waals surface area contributed by atoms with Gasteiger partial charge in [-0.25, -0.2) is 10.1 Å². The lowest BCUT2D eigenvalue weighted by molar-refractivity contribution is -0.122. The number of carbonyl (C=O) groups excluding carboxylic acids is 2. The first-order valence-corrected chi connectivity index (χ1v) is 8.21. The average Bonchev–Trinajstić information content (AvgIpc) is 3.10. The lowest BCUT2D eigenvalue weighted by Gasteiger charge is -2.10. The van der Waals surface area contributed by atoms with Crippen LogP contribution in [0.15, 0.2) is 35.4 Å². The Labute approximate surface area is 146 Å². The van der Waals surface area contributed by atoms with Gasteiger partial charge in [0, 0.05) is 23.5 Å². The van der Waals surface area contributed by atoms with Crippen molar-refractivity contribution < 1.29 is 9.59 Å². The highest BCUT2D eigenvalue weighted by atomic mass is 16.2. The lowest BCUT2D eigenvalue weighted by atomic mass is 10.0. The van der Waals surface area contributed by atoms with Crippen LogP contribution in [0.3, 0.4) is 0 Å².